The highest BCUT2D eigenvalue weighted by molar-refractivity contribution is 6.11. The van der Waals surface area contributed by atoms with Crippen molar-refractivity contribution in [3.8, 4) is 11.8 Å². The van der Waals surface area contributed by atoms with E-state index in [1.807, 2.05) is 67.6 Å². The van der Waals surface area contributed by atoms with Crippen LogP contribution in [0.4, 0.5) is 11.4 Å². The Bertz CT molecular complexity index is 1500. The fourth-order valence-corrected chi connectivity index (χ4v) is 3.86. The summed E-state index contributed by atoms with van der Waals surface area (Å²) in [6, 6.07) is 26.9. The maximum absolute atomic E-state index is 13.0. The first-order chi connectivity index (χ1) is 17.5. The number of nitro benzene ring substituents is 1. The van der Waals surface area contributed by atoms with Crippen molar-refractivity contribution in [2.45, 2.75) is 20.0 Å². The van der Waals surface area contributed by atoms with E-state index in [0.29, 0.717) is 17.0 Å². The molecule has 0 fully saturated rings. The van der Waals surface area contributed by atoms with Crippen molar-refractivity contribution in [1.29, 1.82) is 5.26 Å². The second-order valence-corrected chi connectivity index (χ2v) is 8.05. The first kappa shape index (κ1) is 24.2. The number of ether oxygens (including phenoxy) is 1. The van der Waals surface area contributed by atoms with Crippen LogP contribution >= 0.6 is 0 Å². The molecular weight excluding hydrogens is 454 g/mol. The number of nitro groups is 1. The number of hydrogen-bond donors (Lipinski definition) is 1. The summed E-state index contributed by atoms with van der Waals surface area (Å²) in [6.45, 7) is 2.16. The molecule has 36 heavy (non-hydrogen) atoms. The zero-order chi connectivity index (χ0) is 25.5. The van der Waals surface area contributed by atoms with Gasteiger partial charge in [-0.05, 0) is 58.7 Å². The Morgan fingerprint density at radius 3 is 2.47 bits per heavy atom. The van der Waals surface area contributed by atoms with Crippen molar-refractivity contribution < 1.29 is 14.5 Å². The molecule has 0 spiro atoms. The minimum Gasteiger partial charge on any atom is -0.488 e. The van der Waals surface area contributed by atoms with Crippen molar-refractivity contribution >= 4 is 34.1 Å². The van der Waals surface area contributed by atoms with Gasteiger partial charge in [0.1, 0.15) is 24.0 Å². The number of rotatable bonds is 8. The average Bonchev–Trinajstić information content (AvgIpc) is 2.91. The Hall–Kier alpha value is -4.96. The maximum Gasteiger partial charge on any atom is 0.269 e. The van der Waals surface area contributed by atoms with E-state index in [2.05, 4.69) is 5.32 Å². The Morgan fingerprint density at radius 2 is 1.75 bits per heavy atom. The van der Waals surface area contributed by atoms with Crippen molar-refractivity contribution in [3.05, 3.63) is 117 Å². The summed E-state index contributed by atoms with van der Waals surface area (Å²) in [5, 5.41) is 25.3. The third-order valence-corrected chi connectivity index (χ3v) is 5.77. The van der Waals surface area contributed by atoms with Crippen LogP contribution in [0, 0.1) is 21.4 Å². The van der Waals surface area contributed by atoms with Gasteiger partial charge in [0.15, 0.2) is 0 Å². The molecule has 0 unspecified atom stereocenters. The van der Waals surface area contributed by atoms with Gasteiger partial charge in [-0.15, -0.1) is 0 Å². The number of amides is 1. The van der Waals surface area contributed by atoms with Gasteiger partial charge >= 0.3 is 0 Å². The van der Waals surface area contributed by atoms with E-state index in [1.165, 1.54) is 18.2 Å². The number of carbonyl (C=O) groups excluding carboxylic acids is 1. The topological polar surface area (TPSA) is 105 Å². The van der Waals surface area contributed by atoms with Crippen LogP contribution < -0.4 is 10.1 Å². The summed E-state index contributed by atoms with van der Waals surface area (Å²) in [5.41, 5.74) is 2.93. The van der Waals surface area contributed by atoms with Crippen LogP contribution in [0.5, 0.6) is 5.75 Å². The molecule has 7 nitrogen and oxygen atoms in total. The predicted octanol–water partition coefficient (Wildman–Crippen LogP) is 6.44. The number of aryl methyl sites for hydroxylation is 1. The molecule has 4 aromatic carbocycles. The smallest absolute Gasteiger partial charge is 0.269 e. The molecule has 0 radical (unpaired) electrons. The van der Waals surface area contributed by atoms with Gasteiger partial charge in [0.25, 0.3) is 11.6 Å². The number of non-ortho nitro benzene ring substituents is 1. The first-order valence-electron chi connectivity index (χ1n) is 11.4. The molecule has 1 amide bonds. The van der Waals surface area contributed by atoms with Crippen molar-refractivity contribution in [2.75, 3.05) is 5.32 Å². The van der Waals surface area contributed by atoms with E-state index in [4.69, 9.17) is 4.74 Å². The minimum atomic E-state index is -0.507. The zero-order valence-electron chi connectivity index (χ0n) is 19.6. The van der Waals surface area contributed by atoms with Gasteiger partial charge in [0.05, 0.1) is 4.92 Å². The number of benzene rings is 4. The molecule has 0 atom stereocenters. The molecule has 0 bridgehead atoms. The fraction of sp³-hybridized carbons (Fsp3) is 0.103. The minimum absolute atomic E-state index is 0.00222. The Kier molecular flexibility index (Phi) is 7.37. The van der Waals surface area contributed by atoms with Gasteiger partial charge in [0.2, 0.25) is 0 Å². The largest absolute Gasteiger partial charge is 0.488 e. The van der Waals surface area contributed by atoms with Crippen LogP contribution in [0.25, 0.3) is 16.8 Å². The Balaban J connectivity index is 1.67. The second kappa shape index (κ2) is 11.0. The number of nitrogens with zero attached hydrogens (tertiary/aromatic N) is 2. The van der Waals surface area contributed by atoms with Crippen molar-refractivity contribution in [3.63, 3.8) is 0 Å². The molecule has 0 aliphatic carbocycles. The lowest BCUT2D eigenvalue weighted by molar-refractivity contribution is -0.384. The van der Waals surface area contributed by atoms with Crippen molar-refractivity contribution in [2.24, 2.45) is 0 Å². The van der Waals surface area contributed by atoms with Crippen LogP contribution in [0.3, 0.4) is 0 Å². The van der Waals surface area contributed by atoms with E-state index in [9.17, 15) is 20.2 Å². The van der Waals surface area contributed by atoms with Gasteiger partial charge in [-0.2, -0.15) is 5.26 Å². The molecule has 4 aromatic rings. The molecule has 0 saturated carbocycles. The fourth-order valence-electron chi connectivity index (χ4n) is 3.86. The quantitative estimate of drug-likeness (QED) is 0.136. The van der Waals surface area contributed by atoms with Gasteiger partial charge < -0.3 is 10.1 Å². The maximum atomic E-state index is 13.0. The number of para-hydroxylation sites is 1. The van der Waals surface area contributed by atoms with E-state index in [-0.39, 0.29) is 17.9 Å². The first-order valence-corrected chi connectivity index (χ1v) is 11.4. The molecular formula is C29H23N3O4. The number of carbonyl (C=O) groups is 1. The number of hydrogen-bond acceptors (Lipinski definition) is 5. The predicted molar refractivity (Wildman–Crippen MR) is 139 cm³/mol. The molecule has 178 valence electrons. The van der Waals surface area contributed by atoms with Gasteiger partial charge in [0, 0.05) is 23.4 Å². The van der Waals surface area contributed by atoms with Gasteiger partial charge in [-0.3, -0.25) is 14.9 Å². The average molecular weight is 478 g/mol. The normalized spacial score (nSPS) is 11.1. The van der Waals surface area contributed by atoms with Crippen LogP contribution in [-0.2, 0) is 17.8 Å². The molecule has 7 heteroatoms. The van der Waals surface area contributed by atoms with Crippen LogP contribution in [-0.4, -0.2) is 10.8 Å². The monoisotopic (exact) mass is 477 g/mol. The molecule has 0 aliphatic heterocycles. The number of fused-ring (bicyclic) bond motifs is 1. The Morgan fingerprint density at radius 1 is 1.03 bits per heavy atom. The lowest BCUT2D eigenvalue weighted by Crippen LogP contribution is -2.14. The lowest BCUT2D eigenvalue weighted by Gasteiger charge is -2.13. The Labute approximate surface area is 208 Å². The standard InChI is InChI=1S/C29H23N3O4/c1-2-21-7-4-6-10-27(21)31-29(33)23(18-30)17-26-25-9-5-3-8-22(25)13-16-28(26)36-19-20-11-14-24(15-12-20)32(34)35/h3-17H,2,19H2,1H3,(H,31,33)/b23-17+. The number of nitrogens with one attached hydrogen (secondary N) is 1. The van der Waals surface area contributed by atoms with E-state index in [1.54, 1.807) is 18.2 Å². The summed E-state index contributed by atoms with van der Waals surface area (Å²) in [4.78, 5) is 23.5. The van der Waals surface area contributed by atoms with Crippen LogP contribution in [0.1, 0.15) is 23.6 Å². The highest BCUT2D eigenvalue weighted by Gasteiger charge is 2.15. The summed E-state index contributed by atoms with van der Waals surface area (Å²) in [7, 11) is 0. The summed E-state index contributed by atoms with van der Waals surface area (Å²) < 4.78 is 6.06. The number of anilines is 1. The third kappa shape index (κ3) is 5.40. The summed E-state index contributed by atoms with van der Waals surface area (Å²) in [6.07, 6.45) is 2.28. The highest BCUT2D eigenvalue weighted by Crippen LogP contribution is 2.31. The third-order valence-electron chi connectivity index (χ3n) is 5.77. The second-order valence-electron chi connectivity index (χ2n) is 8.05. The molecule has 1 N–H and O–H groups in total. The van der Waals surface area contributed by atoms with E-state index in [0.717, 1.165) is 28.3 Å². The summed E-state index contributed by atoms with van der Waals surface area (Å²) >= 11 is 0. The van der Waals surface area contributed by atoms with E-state index >= 15 is 0 Å². The molecule has 0 aromatic heterocycles. The SMILES string of the molecule is CCc1ccccc1NC(=O)/C(C#N)=C/c1c(OCc2ccc([N+](=O)[O-])cc2)ccc2ccccc12. The molecule has 0 saturated heterocycles. The highest BCUT2D eigenvalue weighted by atomic mass is 16.6. The van der Waals surface area contributed by atoms with E-state index < -0.39 is 10.8 Å². The van der Waals surface area contributed by atoms with Gasteiger partial charge in [-0.1, -0.05) is 55.5 Å². The van der Waals surface area contributed by atoms with Crippen LogP contribution in [0.2, 0.25) is 0 Å². The van der Waals surface area contributed by atoms with Crippen molar-refractivity contribution in [1.82, 2.24) is 0 Å². The molecule has 4 rings (SSSR count). The molecule has 0 heterocycles. The lowest BCUT2D eigenvalue weighted by atomic mass is 10.0. The zero-order valence-corrected chi connectivity index (χ0v) is 19.6. The summed E-state index contributed by atoms with van der Waals surface area (Å²) in [5.74, 6) is -0.0192. The van der Waals surface area contributed by atoms with Crippen LogP contribution in [0.15, 0.2) is 90.5 Å². The molecule has 0 aliphatic rings. The van der Waals surface area contributed by atoms with Gasteiger partial charge in [-0.25, -0.2) is 0 Å². The number of nitriles is 1.